The molecule has 1 saturated heterocycles. The number of likely N-dealkylation sites (tertiary alicyclic amines) is 1. The highest BCUT2D eigenvalue weighted by molar-refractivity contribution is 4.87. The summed E-state index contributed by atoms with van der Waals surface area (Å²) in [4.78, 5) is 2.83. The quantitative estimate of drug-likeness (QED) is 0.770. The van der Waals surface area contributed by atoms with Gasteiger partial charge in [-0.15, -0.1) is 0 Å². The van der Waals surface area contributed by atoms with E-state index in [0.717, 1.165) is 18.1 Å². The second-order valence-electron chi connectivity index (χ2n) is 6.41. The minimum absolute atomic E-state index is 0.780. The zero-order valence-electron chi connectivity index (χ0n) is 12.5. The van der Waals surface area contributed by atoms with Crippen LogP contribution in [0.25, 0.3) is 0 Å². The summed E-state index contributed by atoms with van der Waals surface area (Å²) in [6.07, 6.45) is 12.8. The number of nitrogens with zero attached hydrogens (tertiary/aromatic N) is 1. The molecule has 0 spiro atoms. The molecule has 0 aromatic heterocycles. The maximum atomic E-state index is 3.71. The molecule has 2 aliphatic rings. The number of hydrogen-bond acceptors (Lipinski definition) is 2. The van der Waals surface area contributed by atoms with Gasteiger partial charge in [-0.05, 0) is 45.6 Å². The molecule has 0 bridgehead atoms. The van der Waals surface area contributed by atoms with E-state index in [4.69, 9.17) is 0 Å². The van der Waals surface area contributed by atoms with Crippen LogP contribution in [-0.2, 0) is 0 Å². The molecule has 0 radical (unpaired) electrons. The van der Waals surface area contributed by atoms with Gasteiger partial charge < -0.3 is 5.32 Å². The lowest BCUT2D eigenvalue weighted by atomic mass is 9.94. The zero-order valence-corrected chi connectivity index (χ0v) is 12.5. The van der Waals surface area contributed by atoms with Gasteiger partial charge in [-0.2, -0.15) is 0 Å². The Labute approximate surface area is 114 Å². The van der Waals surface area contributed by atoms with Crippen LogP contribution in [0.4, 0.5) is 0 Å². The summed E-state index contributed by atoms with van der Waals surface area (Å²) >= 11 is 0. The van der Waals surface area contributed by atoms with Crippen molar-refractivity contribution >= 4 is 0 Å². The average molecular weight is 252 g/mol. The van der Waals surface area contributed by atoms with Crippen molar-refractivity contribution in [3.8, 4) is 0 Å². The first kappa shape index (κ1) is 14.3. The highest BCUT2D eigenvalue weighted by atomic mass is 15.2. The molecule has 2 rings (SSSR count). The second-order valence-corrected chi connectivity index (χ2v) is 6.41. The van der Waals surface area contributed by atoms with Crippen LogP contribution in [0, 0.1) is 0 Å². The molecule has 2 atom stereocenters. The minimum Gasteiger partial charge on any atom is -0.314 e. The molecule has 2 nitrogen and oxygen atoms in total. The topological polar surface area (TPSA) is 15.3 Å². The predicted octanol–water partition coefficient (Wildman–Crippen LogP) is 3.56. The van der Waals surface area contributed by atoms with Crippen molar-refractivity contribution in [3.63, 3.8) is 0 Å². The van der Waals surface area contributed by atoms with Gasteiger partial charge in [-0.25, -0.2) is 0 Å². The third-order valence-corrected chi connectivity index (χ3v) is 4.90. The van der Waals surface area contributed by atoms with E-state index < -0.39 is 0 Å². The Morgan fingerprint density at radius 2 is 1.78 bits per heavy atom. The lowest BCUT2D eigenvalue weighted by Gasteiger charge is -2.42. The molecular formula is C16H32N2. The van der Waals surface area contributed by atoms with Gasteiger partial charge in [0.25, 0.3) is 0 Å². The summed E-state index contributed by atoms with van der Waals surface area (Å²) in [6, 6.07) is 2.47. The molecule has 1 aliphatic heterocycles. The van der Waals surface area contributed by atoms with Gasteiger partial charge in [0.15, 0.2) is 0 Å². The zero-order chi connectivity index (χ0) is 12.8. The van der Waals surface area contributed by atoms with E-state index >= 15 is 0 Å². The van der Waals surface area contributed by atoms with Gasteiger partial charge in [0.1, 0.15) is 0 Å². The molecule has 1 N–H and O–H groups in total. The maximum absolute atomic E-state index is 3.71. The summed E-state index contributed by atoms with van der Waals surface area (Å²) in [5, 5.41) is 3.71. The molecule has 2 fully saturated rings. The van der Waals surface area contributed by atoms with Crippen LogP contribution in [-0.4, -0.2) is 36.1 Å². The Morgan fingerprint density at radius 1 is 1.06 bits per heavy atom. The van der Waals surface area contributed by atoms with Gasteiger partial charge in [-0.1, -0.05) is 32.6 Å². The van der Waals surface area contributed by atoms with Crippen LogP contribution in [0.3, 0.4) is 0 Å². The third kappa shape index (κ3) is 3.96. The monoisotopic (exact) mass is 252 g/mol. The van der Waals surface area contributed by atoms with Crippen LogP contribution in [0.2, 0.25) is 0 Å². The van der Waals surface area contributed by atoms with Crippen molar-refractivity contribution in [2.24, 2.45) is 0 Å². The van der Waals surface area contributed by atoms with Crippen LogP contribution in [0.1, 0.15) is 71.6 Å². The largest absolute Gasteiger partial charge is 0.314 e. The predicted molar refractivity (Wildman–Crippen MR) is 79.0 cm³/mol. The molecule has 2 heteroatoms. The normalized spacial score (nSPS) is 32.3. The molecular weight excluding hydrogens is 220 g/mol. The van der Waals surface area contributed by atoms with E-state index in [9.17, 15) is 0 Å². The minimum atomic E-state index is 0.780. The second kappa shape index (κ2) is 7.49. The van der Waals surface area contributed by atoms with E-state index in [0.29, 0.717) is 0 Å². The summed E-state index contributed by atoms with van der Waals surface area (Å²) in [5.41, 5.74) is 0. The standard InChI is InChI=1S/C16H32N2/c1-3-11-17-15-10-12-18(14(2)13-15)16-8-6-4-5-7-9-16/h14-17H,3-13H2,1-2H3. The summed E-state index contributed by atoms with van der Waals surface area (Å²) in [7, 11) is 0. The van der Waals surface area contributed by atoms with Gasteiger partial charge in [0, 0.05) is 24.7 Å². The van der Waals surface area contributed by atoms with Crippen LogP contribution < -0.4 is 5.32 Å². The van der Waals surface area contributed by atoms with Crippen molar-refractivity contribution in [3.05, 3.63) is 0 Å². The smallest absolute Gasteiger partial charge is 0.00980 e. The van der Waals surface area contributed by atoms with Crippen molar-refractivity contribution < 1.29 is 0 Å². The Bertz CT molecular complexity index is 221. The first-order chi connectivity index (χ1) is 8.81. The average Bonchev–Trinajstić information content (AvgIpc) is 2.65. The fourth-order valence-corrected chi connectivity index (χ4v) is 3.86. The van der Waals surface area contributed by atoms with Gasteiger partial charge >= 0.3 is 0 Å². The SMILES string of the molecule is CCCNC1CCN(C2CCCCCC2)C(C)C1. The third-order valence-electron chi connectivity index (χ3n) is 4.90. The number of hydrogen-bond donors (Lipinski definition) is 1. The first-order valence-corrected chi connectivity index (χ1v) is 8.30. The molecule has 1 saturated carbocycles. The van der Waals surface area contributed by atoms with Gasteiger partial charge in [0.2, 0.25) is 0 Å². The van der Waals surface area contributed by atoms with Crippen molar-refractivity contribution in [2.75, 3.05) is 13.1 Å². The first-order valence-electron chi connectivity index (χ1n) is 8.30. The van der Waals surface area contributed by atoms with Crippen molar-refractivity contribution in [1.82, 2.24) is 10.2 Å². The molecule has 2 unspecified atom stereocenters. The number of nitrogens with one attached hydrogen (secondary N) is 1. The van der Waals surface area contributed by atoms with Crippen molar-refractivity contribution in [1.29, 1.82) is 0 Å². The molecule has 0 aromatic rings. The Balaban J connectivity index is 1.80. The van der Waals surface area contributed by atoms with Crippen molar-refractivity contribution in [2.45, 2.75) is 89.8 Å². The molecule has 106 valence electrons. The fourth-order valence-electron chi connectivity index (χ4n) is 3.86. The highest BCUT2D eigenvalue weighted by Gasteiger charge is 2.30. The summed E-state index contributed by atoms with van der Waals surface area (Å²) in [5.74, 6) is 0. The van der Waals surface area contributed by atoms with Gasteiger partial charge in [-0.3, -0.25) is 4.90 Å². The molecule has 1 aliphatic carbocycles. The molecule has 18 heavy (non-hydrogen) atoms. The lowest BCUT2D eigenvalue weighted by molar-refractivity contribution is 0.0794. The van der Waals surface area contributed by atoms with E-state index in [1.807, 2.05) is 0 Å². The van der Waals surface area contributed by atoms with Crippen LogP contribution >= 0.6 is 0 Å². The fraction of sp³-hybridized carbons (Fsp3) is 1.00. The van der Waals surface area contributed by atoms with E-state index in [-0.39, 0.29) is 0 Å². The van der Waals surface area contributed by atoms with E-state index in [2.05, 4.69) is 24.1 Å². The summed E-state index contributed by atoms with van der Waals surface area (Å²) in [6.45, 7) is 7.23. The molecule has 1 heterocycles. The van der Waals surface area contributed by atoms with E-state index in [1.54, 1.807) is 0 Å². The van der Waals surface area contributed by atoms with Gasteiger partial charge in [0.05, 0.1) is 0 Å². The lowest BCUT2D eigenvalue weighted by Crippen LogP contribution is -2.51. The molecule has 0 amide bonds. The van der Waals surface area contributed by atoms with Crippen LogP contribution in [0.5, 0.6) is 0 Å². The Hall–Kier alpha value is -0.0800. The Morgan fingerprint density at radius 3 is 2.39 bits per heavy atom. The van der Waals surface area contributed by atoms with Crippen LogP contribution in [0.15, 0.2) is 0 Å². The number of rotatable bonds is 4. The highest BCUT2D eigenvalue weighted by Crippen LogP contribution is 2.27. The summed E-state index contributed by atoms with van der Waals surface area (Å²) < 4.78 is 0. The number of piperidine rings is 1. The Kier molecular flexibility index (Phi) is 5.97. The maximum Gasteiger partial charge on any atom is 0.00980 e. The van der Waals surface area contributed by atoms with E-state index in [1.165, 1.54) is 70.9 Å². The molecule has 0 aromatic carbocycles.